The zero-order chi connectivity index (χ0) is 21.6. The number of benzene rings is 2. The number of guanidine groups is 1. The largest absolute Gasteiger partial charge is 0.489 e. The molecule has 1 fully saturated rings. The van der Waals surface area contributed by atoms with Crippen LogP contribution in [0.3, 0.4) is 0 Å². The lowest BCUT2D eigenvalue weighted by molar-refractivity contribution is 0.0203. The Balaban J connectivity index is 0.00000363. The summed E-state index contributed by atoms with van der Waals surface area (Å²) in [5, 5.41) is 6.69. The lowest BCUT2D eigenvalue weighted by atomic mass is 10.0. The molecule has 0 aromatic heterocycles. The SMILES string of the molecule is CN=C(NCCCOCC1CCOCC1)NCc1ccc(OCc2ccccc2)cc1.I. The second kappa shape index (κ2) is 15.9. The van der Waals surface area contributed by atoms with Gasteiger partial charge in [-0.25, -0.2) is 0 Å². The maximum absolute atomic E-state index is 5.84. The summed E-state index contributed by atoms with van der Waals surface area (Å²) < 4.78 is 17.0. The number of rotatable bonds is 11. The molecule has 3 rings (SSSR count). The van der Waals surface area contributed by atoms with Crippen LogP contribution in [0.4, 0.5) is 0 Å². The van der Waals surface area contributed by atoms with Gasteiger partial charge < -0.3 is 24.8 Å². The molecule has 6 nitrogen and oxygen atoms in total. The van der Waals surface area contributed by atoms with Crippen LogP contribution in [0.15, 0.2) is 59.6 Å². The van der Waals surface area contributed by atoms with Gasteiger partial charge in [0.15, 0.2) is 5.96 Å². The highest BCUT2D eigenvalue weighted by Gasteiger charge is 2.13. The van der Waals surface area contributed by atoms with Gasteiger partial charge in [-0.05, 0) is 48.4 Å². The van der Waals surface area contributed by atoms with Crippen molar-refractivity contribution in [1.82, 2.24) is 10.6 Å². The summed E-state index contributed by atoms with van der Waals surface area (Å²) in [5.41, 5.74) is 2.34. The molecule has 0 bridgehead atoms. The van der Waals surface area contributed by atoms with E-state index in [-0.39, 0.29) is 24.0 Å². The van der Waals surface area contributed by atoms with Crippen molar-refractivity contribution in [2.75, 3.05) is 40.0 Å². The smallest absolute Gasteiger partial charge is 0.191 e. The third kappa shape index (κ3) is 10.2. The molecule has 0 saturated carbocycles. The van der Waals surface area contributed by atoms with Gasteiger partial charge in [-0.15, -0.1) is 24.0 Å². The van der Waals surface area contributed by atoms with Crippen molar-refractivity contribution in [2.45, 2.75) is 32.4 Å². The van der Waals surface area contributed by atoms with Gasteiger partial charge >= 0.3 is 0 Å². The maximum Gasteiger partial charge on any atom is 0.191 e. The van der Waals surface area contributed by atoms with Crippen LogP contribution in [0, 0.1) is 5.92 Å². The summed E-state index contributed by atoms with van der Waals surface area (Å²) in [6.45, 7) is 5.49. The molecule has 1 aliphatic rings. The van der Waals surface area contributed by atoms with Gasteiger partial charge in [0.2, 0.25) is 0 Å². The number of nitrogens with zero attached hydrogens (tertiary/aromatic N) is 1. The van der Waals surface area contributed by atoms with Gasteiger partial charge in [-0.3, -0.25) is 4.99 Å². The molecule has 1 aliphatic heterocycles. The van der Waals surface area contributed by atoms with Gasteiger partial charge in [-0.1, -0.05) is 42.5 Å². The first-order valence-electron chi connectivity index (χ1n) is 11.2. The van der Waals surface area contributed by atoms with Gasteiger partial charge in [0.1, 0.15) is 12.4 Å². The minimum absolute atomic E-state index is 0. The van der Waals surface area contributed by atoms with Gasteiger partial charge in [0.25, 0.3) is 0 Å². The number of ether oxygens (including phenoxy) is 3. The fourth-order valence-corrected chi connectivity index (χ4v) is 3.39. The molecule has 32 heavy (non-hydrogen) atoms. The molecule has 1 saturated heterocycles. The Morgan fingerprint density at radius 1 is 1.00 bits per heavy atom. The number of halogens is 1. The molecule has 176 valence electrons. The highest BCUT2D eigenvalue weighted by atomic mass is 127. The van der Waals surface area contributed by atoms with E-state index in [4.69, 9.17) is 14.2 Å². The van der Waals surface area contributed by atoms with Crippen LogP contribution in [-0.2, 0) is 22.6 Å². The molecule has 1 heterocycles. The van der Waals surface area contributed by atoms with Crippen molar-refractivity contribution in [3.05, 3.63) is 65.7 Å². The minimum Gasteiger partial charge on any atom is -0.489 e. The molecule has 2 aromatic rings. The Bertz CT molecular complexity index is 766. The fourth-order valence-electron chi connectivity index (χ4n) is 3.39. The third-order valence-corrected chi connectivity index (χ3v) is 5.31. The number of hydrogen-bond donors (Lipinski definition) is 2. The normalized spacial score (nSPS) is 14.5. The second-order valence-corrected chi connectivity index (χ2v) is 7.75. The molecule has 0 aliphatic carbocycles. The Hall–Kier alpha value is -1.84. The van der Waals surface area contributed by atoms with E-state index < -0.39 is 0 Å². The van der Waals surface area contributed by atoms with Crippen LogP contribution < -0.4 is 15.4 Å². The molecule has 0 atom stereocenters. The van der Waals surface area contributed by atoms with E-state index in [1.54, 1.807) is 7.05 Å². The summed E-state index contributed by atoms with van der Waals surface area (Å²) >= 11 is 0. The second-order valence-electron chi connectivity index (χ2n) is 7.75. The molecular weight excluding hydrogens is 517 g/mol. The molecule has 0 spiro atoms. The van der Waals surface area contributed by atoms with Crippen molar-refractivity contribution in [2.24, 2.45) is 10.9 Å². The van der Waals surface area contributed by atoms with Crippen LogP contribution >= 0.6 is 24.0 Å². The first-order valence-corrected chi connectivity index (χ1v) is 11.2. The maximum atomic E-state index is 5.84. The van der Waals surface area contributed by atoms with E-state index in [2.05, 4.69) is 39.9 Å². The summed E-state index contributed by atoms with van der Waals surface area (Å²) in [7, 11) is 1.79. The lowest BCUT2D eigenvalue weighted by Gasteiger charge is -2.21. The minimum atomic E-state index is 0. The molecule has 0 radical (unpaired) electrons. The topological polar surface area (TPSA) is 64.1 Å². The number of hydrogen-bond acceptors (Lipinski definition) is 4. The van der Waals surface area contributed by atoms with Crippen molar-refractivity contribution in [3.63, 3.8) is 0 Å². The van der Waals surface area contributed by atoms with E-state index in [0.717, 1.165) is 69.5 Å². The average Bonchev–Trinajstić information content (AvgIpc) is 2.84. The summed E-state index contributed by atoms with van der Waals surface area (Å²) in [6, 6.07) is 18.3. The van der Waals surface area contributed by atoms with Crippen molar-refractivity contribution < 1.29 is 14.2 Å². The molecule has 2 N–H and O–H groups in total. The van der Waals surface area contributed by atoms with E-state index in [9.17, 15) is 0 Å². The van der Waals surface area contributed by atoms with Gasteiger partial charge in [0, 0.05) is 46.6 Å². The predicted octanol–water partition coefficient (Wildman–Crippen LogP) is 4.38. The standard InChI is InChI=1S/C25H35N3O3.HI/c1-26-25(27-14-5-15-30-19-23-12-16-29-17-13-23)28-18-21-8-10-24(11-9-21)31-20-22-6-3-2-4-7-22;/h2-4,6-11,23H,5,12-20H2,1H3,(H2,26,27,28);1H. The van der Waals surface area contributed by atoms with Crippen LogP contribution in [0.5, 0.6) is 5.75 Å². The number of aliphatic imine (C=N–C) groups is 1. The molecule has 2 aromatic carbocycles. The van der Waals surface area contributed by atoms with E-state index in [1.807, 2.05) is 30.3 Å². The monoisotopic (exact) mass is 553 g/mol. The van der Waals surface area contributed by atoms with Gasteiger partial charge in [0.05, 0.1) is 0 Å². The Kier molecular flexibility index (Phi) is 13.1. The lowest BCUT2D eigenvalue weighted by Crippen LogP contribution is -2.37. The number of nitrogens with one attached hydrogen (secondary N) is 2. The summed E-state index contributed by atoms with van der Waals surface area (Å²) in [6.07, 6.45) is 3.20. The predicted molar refractivity (Wildman–Crippen MR) is 140 cm³/mol. The first kappa shape index (κ1) is 26.4. The third-order valence-electron chi connectivity index (χ3n) is 5.31. The van der Waals surface area contributed by atoms with E-state index >= 15 is 0 Å². The van der Waals surface area contributed by atoms with Crippen molar-refractivity contribution in [1.29, 1.82) is 0 Å². The molecule has 0 unspecified atom stereocenters. The van der Waals surface area contributed by atoms with Gasteiger partial charge in [-0.2, -0.15) is 0 Å². The van der Waals surface area contributed by atoms with Crippen LogP contribution in [0.2, 0.25) is 0 Å². The highest BCUT2D eigenvalue weighted by Crippen LogP contribution is 2.15. The quantitative estimate of drug-likeness (QED) is 0.187. The summed E-state index contributed by atoms with van der Waals surface area (Å²) in [4.78, 5) is 4.29. The Morgan fingerprint density at radius 2 is 1.75 bits per heavy atom. The van der Waals surface area contributed by atoms with Crippen LogP contribution in [0.25, 0.3) is 0 Å². The fraction of sp³-hybridized carbons (Fsp3) is 0.480. The van der Waals surface area contributed by atoms with Crippen LogP contribution in [-0.4, -0.2) is 46.0 Å². The average molecular weight is 553 g/mol. The Morgan fingerprint density at radius 3 is 2.47 bits per heavy atom. The zero-order valence-corrected chi connectivity index (χ0v) is 21.3. The first-order chi connectivity index (χ1) is 15.3. The van der Waals surface area contributed by atoms with E-state index in [0.29, 0.717) is 19.1 Å². The molecule has 0 amide bonds. The molecule has 7 heteroatoms. The Labute approximate surface area is 209 Å². The summed E-state index contributed by atoms with van der Waals surface area (Å²) in [5.74, 6) is 2.33. The van der Waals surface area contributed by atoms with Crippen molar-refractivity contribution >= 4 is 29.9 Å². The van der Waals surface area contributed by atoms with E-state index in [1.165, 1.54) is 5.56 Å². The zero-order valence-electron chi connectivity index (χ0n) is 18.9. The van der Waals surface area contributed by atoms with Crippen molar-refractivity contribution in [3.8, 4) is 5.75 Å². The van der Waals surface area contributed by atoms with Crippen LogP contribution in [0.1, 0.15) is 30.4 Å². The highest BCUT2D eigenvalue weighted by molar-refractivity contribution is 14.0. The molecular formula is C25H36IN3O3.